The second-order valence-electron chi connectivity index (χ2n) is 4.69. The van der Waals surface area contributed by atoms with E-state index in [2.05, 4.69) is 9.98 Å². The quantitative estimate of drug-likeness (QED) is 0.654. The van der Waals surface area contributed by atoms with E-state index in [1.54, 1.807) is 36.7 Å². The van der Waals surface area contributed by atoms with Gasteiger partial charge < -0.3 is 10.2 Å². The molecule has 4 nitrogen and oxygen atoms in total. The predicted molar refractivity (Wildman–Crippen MR) is 85.9 cm³/mol. The van der Waals surface area contributed by atoms with Crippen LogP contribution in [0.4, 0.5) is 0 Å². The fourth-order valence-corrected chi connectivity index (χ4v) is 1.82. The van der Waals surface area contributed by atoms with E-state index in [0.29, 0.717) is 24.2 Å². The van der Waals surface area contributed by atoms with Crippen molar-refractivity contribution in [1.29, 1.82) is 0 Å². The first-order valence-corrected chi connectivity index (χ1v) is 6.74. The van der Waals surface area contributed by atoms with Crippen LogP contribution in [0.2, 0.25) is 0 Å². The summed E-state index contributed by atoms with van der Waals surface area (Å²) in [4.78, 5) is 8.45. The molecule has 4 heteroatoms. The number of phenolic OH excluding ortho intramolecular Hbond substituents is 2. The van der Waals surface area contributed by atoms with Crippen LogP contribution in [-0.4, -0.2) is 35.7 Å². The van der Waals surface area contributed by atoms with E-state index in [-0.39, 0.29) is 11.5 Å². The van der Waals surface area contributed by atoms with Crippen molar-refractivity contribution in [3.8, 4) is 11.5 Å². The lowest BCUT2D eigenvalue weighted by atomic mass is 10.1. The summed E-state index contributed by atoms with van der Waals surface area (Å²) in [6, 6.07) is 12.4. The molecule has 0 heterocycles. The minimum Gasteiger partial charge on any atom is -0.507 e. The summed E-state index contributed by atoms with van der Waals surface area (Å²) in [5, 5.41) is 19.2. The van der Waals surface area contributed by atoms with Crippen molar-refractivity contribution in [2.45, 2.75) is 6.92 Å². The van der Waals surface area contributed by atoms with Crippen molar-refractivity contribution in [3.05, 3.63) is 59.2 Å². The highest BCUT2D eigenvalue weighted by molar-refractivity contribution is 5.84. The van der Waals surface area contributed by atoms with Gasteiger partial charge in [0.15, 0.2) is 0 Å². The van der Waals surface area contributed by atoms with Gasteiger partial charge in [0, 0.05) is 23.6 Å². The molecular weight excluding hydrogens is 264 g/mol. The fraction of sp³-hybridized carbons (Fsp3) is 0.176. The van der Waals surface area contributed by atoms with Crippen LogP contribution in [0, 0.1) is 6.92 Å². The monoisotopic (exact) mass is 282 g/mol. The van der Waals surface area contributed by atoms with Crippen LogP contribution in [-0.2, 0) is 0 Å². The summed E-state index contributed by atoms with van der Waals surface area (Å²) >= 11 is 0. The predicted octanol–water partition coefficient (Wildman–Crippen LogP) is 2.94. The molecule has 0 fully saturated rings. The van der Waals surface area contributed by atoms with Crippen LogP contribution in [0.5, 0.6) is 11.5 Å². The summed E-state index contributed by atoms with van der Waals surface area (Å²) in [6.45, 7) is 3.02. The van der Waals surface area contributed by atoms with Crippen LogP contribution in [0.1, 0.15) is 16.7 Å². The molecule has 0 unspecified atom stereocenters. The van der Waals surface area contributed by atoms with Gasteiger partial charge in [0.1, 0.15) is 11.5 Å². The zero-order valence-corrected chi connectivity index (χ0v) is 11.9. The maximum Gasteiger partial charge on any atom is 0.124 e. The number of phenols is 2. The van der Waals surface area contributed by atoms with E-state index in [1.807, 2.05) is 25.1 Å². The van der Waals surface area contributed by atoms with Gasteiger partial charge >= 0.3 is 0 Å². The lowest BCUT2D eigenvalue weighted by Crippen LogP contribution is -1.91. The van der Waals surface area contributed by atoms with Crippen molar-refractivity contribution in [2.24, 2.45) is 9.98 Å². The smallest absolute Gasteiger partial charge is 0.124 e. The average molecular weight is 282 g/mol. The highest BCUT2D eigenvalue weighted by Crippen LogP contribution is 2.15. The minimum absolute atomic E-state index is 0.217. The standard InChI is InChI=1S/C17H18N2O2/c1-13-6-7-17(21)15(10-13)12-19-9-8-18-11-14-4-2-3-5-16(14)20/h2-7,10-12,20-21H,8-9H2,1H3/b18-11+,19-12+. The van der Waals surface area contributed by atoms with Crippen LogP contribution < -0.4 is 0 Å². The third-order valence-electron chi connectivity index (χ3n) is 2.94. The number of rotatable bonds is 5. The zero-order chi connectivity index (χ0) is 15.1. The van der Waals surface area contributed by atoms with Crippen molar-refractivity contribution in [2.75, 3.05) is 13.1 Å². The van der Waals surface area contributed by atoms with Gasteiger partial charge in [-0.05, 0) is 31.2 Å². The van der Waals surface area contributed by atoms with Gasteiger partial charge in [0.25, 0.3) is 0 Å². The molecule has 0 atom stereocenters. The highest BCUT2D eigenvalue weighted by atomic mass is 16.3. The molecule has 0 aliphatic carbocycles. The van der Waals surface area contributed by atoms with E-state index in [9.17, 15) is 10.2 Å². The number of nitrogens with zero attached hydrogens (tertiary/aromatic N) is 2. The van der Waals surface area contributed by atoms with E-state index < -0.39 is 0 Å². The fourth-order valence-electron chi connectivity index (χ4n) is 1.82. The molecule has 0 amide bonds. The van der Waals surface area contributed by atoms with E-state index >= 15 is 0 Å². The first-order chi connectivity index (χ1) is 10.2. The Kier molecular flexibility index (Phi) is 5.10. The van der Waals surface area contributed by atoms with Crippen LogP contribution in [0.15, 0.2) is 52.4 Å². The first-order valence-electron chi connectivity index (χ1n) is 6.74. The Balaban J connectivity index is 1.86. The van der Waals surface area contributed by atoms with E-state index in [4.69, 9.17) is 0 Å². The molecule has 21 heavy (non-hydrogen) atoms. The number of benzene rings is 2. The zero-order valence-electron chi connectivity index (χ0n) is 11.9. The van der Waals surface area contributed by atoms with Gasteiger partial charge in [0.05, 0.1) is 13.1 Å². The molecule has 0 aliphatic rings. The molecule has 0 saturated heterocycles. The summed E-state index contributed by atoms with van der Waals surface area (Å²) in [6.07, 6.45) is 3.28. The van der Waals surface area contributed by atoms with Gasteiger partial charge in [-0.3, -0.25) is 9.98 Å². The van der Waals surface area contributed by atoms with Crippen LogP contribution in [0.3, 0.4) is 0 Å². The Labute approximate surface area is 124 Å². The number of hydrogen-bond donors (Lipinski definition) is 2. The topological polar surface area (TPSA) is 65.2 Å². The van der Waals surface area contributed by atoms with Gasteiger partial charge in [-0.15, -0.1) is 0 Å². The lowest BCUT2D eigenvalue weighted by Gasteiger charge is -1.99. The molecule has 0 spiro atoms. The molecule has 108 valence electrons. The largest absolute Gasteiger partial charge is 0.507 e. The maximum atomic E-state index is 9.67. The molecule has 0 aromatic heterocycles. The Morgan fingerprint density at radius 3 is 2.19 bits per heavy atom. The Morgan fingerprint density at radius 1 is 0.857 bits per heavy atom. The number of aryl methyl sites for hydroxylation is 1. The molecule has 0 bridgehead atoms. The van der Waals surface area contributed by atoms with Gasteiger partial charge in [-0.1, -0.05) is 23.8 Å². The van der Waals surface area contributed by atoms with Crippen LogP contribution in [0.25, 0.3) is 0 Å². The second-order valence-corrected chi connectivity index (χ2v) is 4.69. The average Bonchev–Trinajstić information content (AvgIpc) is 2.48. The summed E-state index contributed by atoms with van der Waals surface area (Å²) in [5.74, 6) is 0.441. The number of hydrogen-bond acceptors (Lipinski definition) is 4. The summed E-state index contributed by atoms with van der Waals surface area (Å²) < 4.78 is 0. The van der Waals surface area contributed by atoms with Gasteiger partial charge in [-0.2, -0.15) is 0 Å². The molecular formula is C17H18N2O2. The second kappa shape index (κ2) is 7.24. The first kappa shape index (κ1) is 14.8. The lowest BCUT2D eigenvalue weighted by molar-refractivity contribution is 0.474. The Bertz CT molecular complexity index is 664. The van der Waals surface area contributed by atoms with Crippen LogP contribution >= 0.6 is 0 Å². The Morgan fingerprint density at radius 2 is 1.48 bits per heavy atom. The van der Waals surface area contributed by atoms with Crippen molar-refractivity contribution >= 4 is 12.4 Å². The third kappa shape index (κ3) is 4.45. The number of para-hydroxylation sites is 1. The van der Waals surface area contributed by atoms with Crippen molar-refractivity contribution in [3.63, 3.8) is 0 Å². The molecule has 0 saturated carbocycles. The van der Waals surface area contributed by atoms with Gasteiger partial charge in [-0.25, -0.2) is 0 Å². The normalized spacial score (nSPS) is 11.5. The number of aliphatic imine (C=N–C) groups is 2. The Hall–Kier alpha value is -2.62. The highest BCUT2D eigenvalue weighted by Gasteiger charge is 1.97. The third-order valence-corrected chi connectivity index (χ3v) is 2.94. The molecule has 2 rings (SSSR count). The van der Waals surface area contributed by atoms with E-state index in [0.717, 1.165) is 5.56 Å². The van der Waals surface area contributed by atoms with E-state index in [1.165, 1.54) is 0 Å². The van der Waals surface area contributed by atoms with Crippen molar-refractivity contribution < 1.29 is 10.2 Å². The van der Waals surface area contributed by atoms with Crippen molar-refractivity contribution in [1.82, 2.24) is 0 Å². The molecule has 2 N–H and O–H groups in total. The number of aromatic hydroxyl groups is 2. The summed E-state index contributed by atoms with van der Waals surface area (Å²) in [5.41, 5.74) is 2.48. The minimum atomic E-state index is 0.217. The van der Waals surface area contributed by atoms with Gasteiger partial charge in [0.2, 0.25) is 0 Å². The SMILES string of the molecule is Cc1ccc(O)c(/C=N/CC/N=C/c2ccccc2O)c1. The molecule has 2 aromatic rings. The summed E-state index contributed by atoms with van der Waals surface area (Å²) in [7, 11) is 0. The molecule has 0 aliphatic heterocycles. The molecule has 2 aromatic carbocycles. The molecule has 0 radical (unpaired) electrons. The maximum absolute atomic E-state index is 9.67.